The predicted molar refractivity (Wildman–Crippen MR) is 143 cm³/mol. The standard InChI is InChI=1S/C28H36O15/c1-11-21(34)23(36)25(38)27(40-11)43-26-24(37)22(35)19(10-29)42-28(26)41-13-8-16(32)20(17(33)9-13)14(30)5-3-12-4-6-18(39-2)15(31)7-12/h4,6-9,11,19,21-29,31-38H,3,5,10H2,1-2H3/t11?,19?,21?,22?,23?,24?,25?,26-,27?,28?/m1/s1. The summed E-state index contributed by atoms with van der Waals surface area (Å²) in [5.74, 6) is -2.04. The van der Waals surface area contributed by atoms with Crippen molar-refractivity contribution in [3.05, 3.63) is 41.5 Å². The highest BCUT2D eigenvalue weighted by atomic mass is 16.8. The second-order valence-electron chi connectivity index (χ2n) is 10.4. The number of phenols is 3. The fourth-order valence-corrected chi connectivity index (χ4v) is 4.93. The van der Waals surface area contributed by atoms with Crippen molar-refractivity contribution in [1.29, 1.82) is 0 Å². The summed E-state index contributed by atoms with van der Waals surface area (Å²) in [6.45, 7) is 0.662. The molecule has 238 valence electrons. The van der Waals surface area contributed by atoms with E-state index in [4.69, 9.17) is 23.7 Å². The summed E-state index contributed by atoms with van der Waals surface area (Å²) in [4.78, 5) is 12.9. The van der Waals surface area contributed by atoms with Gasteiger partial charge >= 0.3 is 0 Å². The zero-order chi connectivity index (χ0) is 31.6. The number of aryl methyl sites for hydroxylation is 1. The molecule has 0 spiro atoms. The monoisotopic (exact) mass is 612 g/mol. The quantitative estimate of drug-likeness (QED) is 0.141. The van der Waals surface area contributed by atoms with Crippen LogP contribution in [0, 0.1) is 0 Å². The van der Waals surface area contributed by atoms with E-state index in [2.05, 4.69) is 0 Å². The van der Waals surface area contributed by atoms with Gasteiger partial charge in [0.2, 0.25) is 6.29 Å². The van der Waals surface area contributed by atoms with Gasteiger partial charge in [0.05, 0.1) is 19.8 Å². The van der Waals surface area contributed by atoms with Crippen molar-refractivity contribution >= 4 is 5.78 Å². The van der Waals surface area contributed by atoms with Gasteiger partial charge in [0.1, 0.15) is 59.4 Å². The number of methoxy groups -OCH3 is 1. The summed E-state index contributed by atoms with van der Waals surface area (Å²) >= 11 is 0. The maximum absolute atomic E-state index is 12.9. The summed E-state index contributed by atoms with van der Waals surface area (Å²) in [6.07, 6.45) is -15.5. The van der Waals surface area contributed by atoms with Gasteiger partial charge in [0, 0.05) is 18.6 Å². The number of aliphatic hydroxyl groups is 6. The minimum atomic E-state index is -1.79. The highest BCUT2D eigenvalue weighted by Crippen LogP contribution is 2.37. The number of hydrogen-bond acceptors (Lipinski definition) is 15. The maximum atomic E-state index is 12.9. The van der Waals surface area contributed by atoms with E-state index in [-0.39, 0.29) is 30.1 Å². The van der Waals surface area contributed by atoms with Crippen LogP contribution in [0.1, 0.15) is 29.3 Å². The molecular weight excluding hydrogens is 576 g/mol. The van der Waals surface area contributed by atoms with Gasteiger partial charge in [0.15, 0.2) is 29.7 Å². The van der Waals surface area contributed by atoms with Crippen molar-refractivity contribution in [3.63, 3.8) is 0 Å². The van der Waals surface area contributed by atoms with Gasteiger partial charge in [-0.25, -0.2) is 0 Å². The van der Waals surface area contributed by atoms with Crippen molar-refractivity contribution in [1.82, 2.24) is 0 Å². The Kier molecular flexibility index (Phi) is 10.3. The van der Waals surface area contributed by atoms with E-state index in [0.29, 0.717) is 5.56 Å². The Hall–Kier alpha value is -3.25. The van der Waals surface area contributed by atoms with Gasteiger partial charge in [-0.05, 0) is 31.0 Å². The molecule has 9 unspecified atom stereocenters. The molecule has 2 fully saturated rings. The van der Waals surface area contributed by atoms with Crippen LogP contribution in [0.2, 0.25) is 0 Å². The third kappa shape index (κ3) is 6.95. The molecule has 2 saturated heterocycles. The fraction of sp³-hybridized carbons (Fsp3) is 0.536. The SMILES string of the molecule is COc1ccc(CCC(=O)c2c(O)cc(OC3OC(CO)C(O)C(O)[C@H]3OC3OC(C)C(O)C(O)C3O)cc2O)cc1O. The Balaban J connectivity index is 1.51. The first-order valence-corrected chi connectivity index (χ1v) is 13.5. The number of ketones is 1. The van der Waals surface area contributed by atoms with Crippen molar-refractivity contribution in [3.8, 4) is 28.7 Å². The summed E-state index contributed by atoms with van der Waals surface area (Å²) in [5.41, 5.74) is 0.208. The van der Waals surface area contributed by atoms with Crippen LogP contribution < -0.4 is 9.47 Å². The van der Waals surface area contributed by atoms with Crippen molar-refractivity contribution < 1.29 is 74.4 Å². The number of carbonyl (C=O) groups is 1. The number of aromatic hydroxyl groups is 3. The van der Waals surface area contributed by atoms with E-state index in [9.17, 15) is 50.8 Å². The Morgan fingerprint density at radius 1 is 0.837 bits per heavy atom. The molecule has 0 saturated carbocycles. The van der Waals surface area contributed by atoms with Crippen molar-refractivity contribution in [2.75, 3.05) is 13.7 Å². The number of phenolic OH excluding ortho intramolecular Hbond substituents is 3. The molecular formula is C28H36O15. The molecule has 2 aliphatic heterocycles. The molecule has 2 heterocycles. The number of aliphatic hydroxyl groups excluding tert-OH is 6. The van der Waals surface area contributed by atoms with Gasteiger partial charge in [-0.2, -0.15) is 0 Å². The molecule has 0 radical (unpaired) electrons. The third-order valence-electron chi connectivity index (χ3n) is 7.41. The molecule has 10 atom stereocenters. The maximum Gasteiger partial charge on any atom is 0.229 e. The van der Waals surface area contributed by atoms with Crippen LogP contribution in [0.25, 0.3) is 0 Å². The number of benzene rings is 2. The van der Waals surface area contributed by atoms with E-state index in [1.54, 1.807) is 6.07 Å². The lowest BCUT2D eigenvalue weighted by molar-refractivity contribution is -0.354. The molecule has 2 aromatic rings. The lowest BCUT2D eigenvalue weighted by atomic mass is 9.97. The first-order valence-electron chi connectivity index (χ1n) is 13.5. The van der Waals surface area contributed by atoms with Crippen LogP contribution in [0.5, 0.6) is 28.7 Å². The lowest BCUT2D eigenvalue weighted by Gasteiger charge is -2.45. The Bertz CT molecular complexity index is 1250. The number of rotatable bonds is 10. The first-order chi connectivity index (χ1) is 20.4. The second-order valence-corrected chi connectivity index (χ2v) is 10.4. The van der Waals surface area contributed by atoms with Crippen LogP contribution >= 0.6 is 0 Å². The van der Waals surface area contributed by atoms with Gasteiger partial charge in [-0.1, -0.05) is 6.07 Å². The largest absolute Gasteiger partial charge is 0.507 e. The minimum absolute atomic E-state index is 0.110. The molecule has 0 aliphatic carbocycles. The molecule has 43 heavy (non-hydrogen) atoms. The molecule has 15 nitrogen and oxygen atoms in total. The van der Waals surface area contributed by atoms with E-state index >= 15 is 0 Å². The topological polar surface area (TPSA) is 245 Å². The fourth-order valence-electron chi connectivity index (χ4n) is 4.93. The zero-order valence-electron chi connectivity index (χ0n) is 23.3. The smallest absolute Gasteiger partial charge is 0.229 e. The molecule has 0 bridgehead atoms. The van der Waals surface area contributed by atoms with Crippen LogP contribution in [0.4, 0.5) is 0 Å². The Morgan fingerprint density at radius 2 is 1.51 bits per heavy atom. The molecule has 9 N–H and O–H groups in total. The molecule has 0 amide bonds. The van der Waals surface area contributed by atoms with Crippen LogP contribution in [0.15, 0.2) is 30.3 Å². The molecule has 0 aromatic heterocycles. The molecule has 4 rings (SSSR count). The van der Waals surface area contributed by atoms with Crippen LogP contribution in [-0.2, 0) is 20.6 Å². The third-order valence-corrected chi connectivity index (χ3v) is 7.41. The number of Topliss-reactive ketones (excluding diaryl/α,β-unsaturated/α-hetero) is 1. The van der Waals surface area contributed by atoms with Gasteiger partial charge < -0.3 is 69.6 Å². The molecule has 2 aromatic carbocycles. The predicted octanol–water partition coefficient (Wildman–Crippen LogP) is -1.34. The van der Waals surface area contributed by atoms with Crippen molar-refractivity contribution in [2.24, 2.45) is 0 Å². The zero-order valence-corrected chi connectivity index (χ0v) is 23.3. The van der Waals surface area contributed by atoms with E-state index < -0.39 is 90.9 Å². The van der Waals surface area contributed by atoms with Gasteiger partial charge in [0.25, 0.3) is 0 Å². The Labute approximate surface area is 245 Å². The number of ether oxygens (including phenoxy) is 5. The van der Waals surface area contributed by atoms with E-state index in [1.807, 2.05) is 0 Å². The summed E-state index contributed by atoms with van der Waals surface area (Å²) < 4.78 is 27.2. The number of hydrogen-bond donors (Lipinski definition) is 9. The average Bonchev–Trinajstić information content (AvgIpc) is 2.96. The summed E-state index contributed by atoms with van der Waals surface area (Å²) in [5, 5.41) is 92.3. The average molecular weight is 613 g/mol. The molecule has 15 heteroatoms. The second kappa shape index (κ2) is 13.6. The van der Waals surface area contributed by atoms with Gasteiger partial charge in [-0.3, -0.25) is 4.79 Å². The van der Waals surface area contributed by atoms with Gasteiger partial charge in [-0.15, -0.1) is 0 Å². The van der Waals surface area contributed by atoms with Crippen LogP contribution in [0.3, 0.4) is 0 Å². The first kappa shape index (κ1) is 32.7. The van der Waals surface area contributed by atoms with Crippen molar-refractivity contribution in [2.45, 2.75) is 81.2 Å². The van der Waals surface area contributed by atoms with Crippen LogP contribution in [-0.4, -0.2) is 127 Å². The van der Waals surface area contributed by atoms with E-state index in [1.165, 1.54) is 26.2 Å². The molecule has 2 aliphatic rings. The Morgan fingerprint density at radius 3 is 2.12 bits per heavy atom. The lowest BCUT2D eigenvalue weighted by Crippen LogP contribution is -2.64. The number of carbonyl (C=O) groups excluding carboxylic acids is 1. The highest BCUT2D eigenvalue weighted by Gasteiger charge is 2.51. The minimum Gasteiger partial charge on any atom is -0.507 e. The normalized spacial score (nSPS) is 32.7. The summed E-state index contributed by atoms with van der Waals surface area (Å²) in [6, 6.07) is 6.59. The van der Waals surface area contributed by atoms with E-state index in [0.717, 1.165) is 12.1 Å². The summed E-state index contributed by atoms with van der Waals surface area (Å²) in [7, 11) is 1.40. The highest BCUT2D eigenvalue weighted by molar-refractivity contribution is 6.01.